The van der Waals surface area contributed by atoms with Crippen LogP contribution in [-0.4, -0.2) is 33.2 Å². The third kappa shape index (κ3) is 5.11. The molecule has 10 rings (SSSR count). The Balaban J connectivity index is 0.00000384. The molecule has 264 valence electrons. The van der Waals surface area contributed by atoms with Gasteiger partial charge < -0.3 is 9.13 Å². The first-order chi connectivity index (χ1) is 25.9. The summed E-state index contributed by atoms with van der Waals surface area (Å²) in [4.78, 5) is 9.79. The number of quaternary nitrogens is 1. The van der Waals surface area contributed by atoms with E-state index in [4.69, 9.17) is 9.97 Å². The monoisotopic (exact) mass is 794 g/mol. The topological polar surface area (TPSA) is 35.6 Å². The molecule has 0 radical (unpaired) electrons. The van der Waals surface area contributed by atoms with Gasteiger partial charge in [-0.05, 0) is 42.0 Å². The largest absolute Gasteiger partial charge is 2.00 e. The van der Waals surface area contributed by atoms with E-state index < -0.39 is 6.17 Å². The zero-order valence-corrected chi connectivity index (χ0v) is 31.5. The standard InChI is InChI=1S/C47H35FN5.Pd/c1-51-39-23-9-8-22-38(39)50-46(51)33-18-11-16-31(28-33)44(48)32-17-12-19-34(29-32)52-45-35(36-21-13-27-49-47(36)52)25-26-41-43(45)42(30-14-5-4-6-15-30)37-20-7-10-24-40(37)53(41,2)3;/h4-27,42,44H,1-3H3;/q-1;+2. The van der Waals surface area contributed by atoms with Crippen molar-refractivity contribution >= 4 is 44.3 Å². The van der Waals surface area contributed by atoms with Crippen LogP contribution in [0.15, 0.2) is 146 Å². The summed E-state index contributed by atoms with van der Waals surface area (Å²) in [6.45, 7) is 0. The summed E-state index contributed by atoms with van der Waals surface area (Å²) >= 11 is 0. The van der Waals surface area contributed by atoms with Gasteiger partial charge in [0.25, 0.3) is 0 Å². The van der Waals surface area contributed by atoms with Crippen molar-refractivity contribution < 1.29 is 24.8 Å². The minimum Gasteiger partial charge on any atom is -0.367 e. The fourth-order valence-corrected chi connectivity index (χ4v) is 8.54. The number of aromatic nitrogens is 4. The van der Waals surface area contributed by atoms with Crippen molar-refractivity contribution in [3.63, 3.8) is 0 Å². The summed E-state index contributed by atoms with van der Waals surface area (Å²) in [5.74, 6) is 0.715. The average Bonchev–Trinajstić information content (AvgIpc) is 3.73. The van der Waals surface area contributed by atoms with Gasteiger partial charge in [0.15, 0.2) is 0 Å². The summed E-state index contributed by atoms with van der Waals surface area (Å²) < 4.78 is 21.6. The molecule has 0 aliphatic carbocycles. The maximum Gasteiger partial charge on any atom is 2.00 e. The van der Waals surface area contributed by atoms with E-state index >= 15 is 4.39 Å². The van der Waals surface area contributed by atoms with Crippen LogP contribution in [0.25, 0.3) is 50.0 Å². The van der Waals surface area contributed by atoms with Crippen LogP contribution in [0.5, 0.6) is 0 Å². The molecule has 0 saturated heterocycles. The Morgan fingerprint density at radius 3 is 2.28 bits per heavy atom. The molecular formula is C47H35FN5Pd+. The Bertz CT molecular complexity index is 2870. The summed E-state index contributed by atoms with van der Waals surface area (Å²) in [6.07, 6.45) is 0.372. The zero-order valence-electron chi connectivity index (χ0n) is 29.9. The molecule has 0 fully saturated rings. The number of nitrogens with zero attached hydrogens (tertiary/aromatic N) is 5. The Hall–Kier alpha value is -5.71. The Labute approximate surface area is 327 Å². The number of hydrogen-bond donors (Lipinski definition) is 0. The molecule has 2 atom stereocenters. The van der Waals surface area contributed by atoms with Crippen LogP contribution in [0.4, 0.5) is 15.8 Å². The molecule has 4 heterocycles. The van der Waals surface area contributed by atoms with Crippen LogP contribution >= 0.6 is 0 Å². The van der Waals surface area contributed by atoms with Crippen molar-refractivity contribution in [2.75, 3.05) is 14.1 Å². The van der Waals surface area contributed by atoms with E-state index in [2.05, 4.69) is 104 Å². The second kappa shape index (κ2) is 13.0. The van der Waals surface area contributed by atoms with E-state index in [9.17, 15) is 0 Å². The van der Waals surface area contributed by atoms with Crippen LogP contribution < -0.4 is 4.48 Å². The SMILES string of the molecule is Cn1c(-c2[c-]c(C(F)c3[c-]c(-n4c5ncccc5c5ccc6c(c54)C(c4ccccc4)c4ccccc4[N+]6(C)C)ccc3)ccc2)nc2ccccc21.[Pd+2]. The van der Waals surface area contributed by atoms with Gasteiger partial charge in [-0.2, -0.15) is 18.2 Å². The number of para-hydroxylation sites is 3. The molecule has 0 spiro atoms. The number of hydrogen-bond acceptors (Lipinski definition) is 2. The van der Waals surface area contributed by atoms with Gasteiger partial charge in [-0.1, -0.05) is 71.9 Å². The first-order valence-corrected chi connectivity index (χ1v) is 17.9. The molecule has 0 saturated carbocycles. The average molecular weight is 795 g/mol. The van der Waals surface area contributed by atoms with Gasteiger partial charge in [-0.3, -0.25) is 9.47 Å². The van der Waals surface area contributed by atoms with E-state index in [0.29, 0.717) is 15.6 Å². The van der Waals surface area contributed by atoms with E-state index in [1.54, 1.807) is 6.07 Å². The molecule has 1 aliphatic heterocycles. The second-order valence-corrected chi connectivity index (χ2v) is 14.3. The summed E-state index contributed by atoms with van der Waals surface area (Å²) in [7, 11) is 6.50. The van der Waals surface area contributed by atoms with Crippen LogP contribution in [-0.2, 0) is 27.5 Å². The predicted molar refractivity (Wildman–Crippen MR) is 212 cm³/mol. The Kier molecular flexibility index (Phi) is 8.21. The molecule has 54 heavy (non-hydrogen) atoms. The molecule has 0 N–H and O–H groups in total. The summed E-state index contributed by atoms with van der Waals surface area (Å²) in [6, 6.07) is 54.4. The van der Waals surface area contributed by atoms with Gasteiger partial charge in [0.1, 0.15) is 23.2 Å². The smallest absolute Gasteiger partial charge is 0.367 e. The third-order valence-electron chi connectivity index (χ3n) is 11.0. The Morgan fingerprint density at radius 2 is 1.44 bits per heavy atom. The Morgan fingerprint density at radius 1 is 0.704 bits per heavy atom. The van der Waals surface area contributed by atoms with Crippen molar-refractivity contribution in [2.24, 2.45) is 7.05 Å². The van der Waals surface area contributed by atoms with Gasteiger partial charge in [0, 0.05) is 41.6 Å². The summed E-state index contributed by atoms with van der Waals surface area (Å²) in [5, 5.41) is 2.15. The van der Waals surface area contributed by atoms with Crippen molar-refractivity contribution in [1.82, 2.24) is 23.6 Å². The molecule has 6 aromatic carbocycles. The first-order valence-electron chi connectivity index (χ1n) is 17.9. The quantitative estimate of drug-likeness (QED) is 0.0988. The number of pyridine rings is 1. The molecule has 3 aromatic heterocycles. The third-order valence-corrected chi connectivity index (χ3v) is 11.0. The molecular weight excluding hydrogens is 760 g/mol. The van der Waals surface area contributed by atoms with Gasteiger partial charge in [0.05, 0.1) is 42.0 Å². The van der Waals surface area contributed by atoms with Crippen LogP contribution in [0.1, 0.15) is 39.9 Å². The minimum atomic E-state index is -1.46. The van der Waals surface area contributed by atoms with Gasteiger partial charge >= 0.3 is 20.4 Å². The van der Waals surface area contributed by atoms with E-state index in [1.807, 2.05) is 78.5 Å². The van der Waals surface area contributed by atoms with Crippen LogP contribution in [0, 0.1) is 12.1 Å². The summed E-state index contributed by atoms with van der Waals surface area (Å²) in [5.41, 5.74) is 12.3. The van der Waals surface area contributed by atoms with E-state index in [-0.39, 0.29) is 26.3 Å². The van der Waals surface area contributed by atoms with Crippen molar-refractivity contribution in [3.8, 4) is 17.1 Å². The van der Waals surface area contributed by atoms with Gasteiger partial charge in [-0.25, -0.2) is 9.37 Å². The normalized spacial score (nSPS) is 15.1. The van der Waals surface area contributed by atoms with Crippen molar-refractivity contribution in [3.05, 3.63) is 186 Å². The number of rotatable bonds is 5. The molecule has 0 bridgehead atoms. The fraction of sp³-hybridized carbons (Fsp3) is 0.106. The van der Waals surface area contributed by atoms with E-state index in [1.165, 1.54) is 28.1 Å². The fourth-order valence-electron chi connectivity index (χ4n) is 8.54. The molecule has 7 heteroatoms. The second-order valence-electron chi connectivity index (χ2n) is 14.3. The van der Waals surface area contributed by atoms with Gasteiger partial charge in [-0.15, -0.1) is 41.5 Å². The van der Waals surface area contributed by atoms with Crippen molar-refractivity contribution in [1.29, 1.82) is 0 Å². The predicted octanol–water partition coefficient (Wildman–Crippen LogP) is 10.8. The van der Waals surface area contributed by atoms with E-state index in [0.717, 1.165) is 50.0 Å². The van der Waals surface area contributed by atoms with Gasteiger partial charge in [0.2, 0.25) is 0 Å². The molecule has 1 aliphatic rings. The number of imidazole rings is 1. The number of alkyl halides is 1. The molecule has 2 unspecified atom stereocenters. The minimum absolute atomic E-state index is 0. The van der Waals surface area contributed by atoms with Crippen LogP contribution in [0.3, 0.4) is 0 Å². The molecule has 0 amide bonds. The van der Waals surface area contributed by atoms with Crippen molar-refractivity contribution in [2.45, 2.75) is 12.1 Å². The number of fused-ring (bicyclic) bond motifs is 7. The molecule has 9 aromatic rings. The maximum atomic E-state index is 16.8. The maximum absolute atomic E-state index is 16.8. The number of aryl methyl sites for hydroxylation is 1. The zero-order chi connectivity index (χ0) is 35.8. The molecule has 5 nitrogen and oxygen atoms in total. The van der Waals surface area contributed by atoms with Crippen LogP contribution in [0.2, 0.25) is 0 Å². The number of halogens is 1. The first kappa shape index (κ1) is 34.1. The number of benzene rings is 6.